The zero-order valence-electron chi connectivity index (χ0n) is 17.9. The number of carbonyl (C=O) groups excluding carboxylic acids is 1. The van der Waals surface area contributed by atoms with Gasteiger partial charge in [0.1, 0.15) is 0 Å². The number of nitrogens with zero attached hydrogens (tertiary/aromatic N) is 2. The number of carbonyl (C=O) groups is 1. The number of amides is 1. The lowest BCUT2D eigenvalue weighted by molar-refractivity contribution is 0.0940. The molecule has 0 saturated carbocycles. The summed E-state index contributed by atoms with van der Waals surface area (Å²) in [5.41, 5.74) is 3.93. The van der Waals surface area contributed by atoms with Gasteiger partial charge in [0.2, 0.25) is 10.0 Å². The minimum atomic E-state index is -3.68. The molecule has 1 aliphatic heterocycles. The van der Waals surface area contributed by atoms with Gasteiger partial charge in [-0.25, -0.2) is 8.42 Å². The summed E-state index contributed by atoms with van der Waals surface area (Å²) in [7, 11) is -1.71. The molecule has 0 aromatic heterocycles. The Hall–Kier alpha value is -1.93. The molecule has 8 heteroatoms. The molecule has 4 rings (SSSR count). The summed E-state index contributed by atoms with van der Waals surface area (Å²) >= 11 is 6.28. The van der Waals surface area contributed by atoms with E-state index < -0.39 is 10.0 Å². The number of hydrogen-bond donors (Lipinski definition) is 1. The highest BCUT2D eigenvalue weighted by Gasteiger charge is 2.29. The van der Waals surface area contributed by atoms with Gasteiger partial charge < -0.3 is 10.2 Å². The number of piperazine rings is 1. The lowest BCUT2D eigenvalue weighted by Gasteiger charge is -2.31. The molecule has 2 aromatic carbocycles. The summed E-state index contributed by atoms with van der Waals surface area (Å²) in [4.78, 5) is 15.2. The van der Waals surface area contributed by atoms with Gasteiger partial charge in [-0.1, -0.05) is 29.8 Å². The van der Waals surface area contributed by atoms with Gasteiger partial charge >= 0.3 is 0 Å². The van der Waals surface area contributed by atoms with Crippen LogP contribution in [-0.2, 0) is 22.9 Å². The quantitative estimate of drug-likeness (QED) is 0.742. The Kier molecular flexibility index (Phi) is 6.40. The molecule has 0 unspecified atom stereocenters. The van der Waals surface area contributed by atoms with Crippen molar-refractivity contribution in [1.29, 1.82) is 0 Å². The van der Waals surface area contributed by atoms with Crippen LogP contribution < -0.4 is 5.32 Å². The van der Waals surface area contributed by atoms with E-state index in [0.29, 0.717) is 26.2 Å². The molecule has 31 heavy (non-hydrogen) atoms. The average Bonchev–Trinajstić information content (AvgIpc) is 3.22. The fraction of sp³-hybridized carbons (Fsp3) is 0.435. The molecule has 1 aliphatic carbocycles. The van der Waals surface area contributed by atoms with Crippen LogP contribution >= 0.6 is 11.6 Å². The van der Waals surface area contributed by atoms with Crippen LogP contribution in [0.3, 0.4) is 0 Å². The monoisotopic (exact) mass is 461 g/mol. The van der Waals surface area contributed by atoms with Gasteiger partial charge in [-0.2, -0.15) is 4.31 Å². The minimum Gasteiger partial charge on any atom is -0.345 e. The topological polar surface area (TPSA) is 69.7 Å². The van der Waals surface area contributed by atoms with Gasteiger partial charge in [-0.15, -0.1) is 0 Å². The summed E-state index contributed by atoms with van der Waals surface area (Å²) in [6, 6.07) is 10.5. The Morgan fingerprint density at radius 1 is 1.03 bits per heavy atom. The number of likely N-dealkylation sites (N-methyl/N-ethyl adjacent to an activating group) is 1. The van der Waals surface area contributed by atoms with Crippen molar-refractivity contribution in [3.63, 3.8) is 0 Å². The highest BCUT2D eigenvalue weighted by Crippen LogP contribution is 2.27. The van der Waals surface area contributed by atoms with Gasteiger partial charge in [0, 0.05) is 26.2 Å². The van der Waals surface area contributed by atoms with Crippen molar-refractivity contribution in [3.05, 3.63) is 63.7 Å². The second-order valence-corrected chi connectivity index (χ2v) is 10.8. The van der Waals surface area contributed by atoms with Crippen LogP contribution in [0, 0.1) is 0 Å². The van der Waals surface area contributed by atoms with E-state index in [1.165, 1.54) is 40.1 Å². The van der Waals surface area contributed by atoms with E-state index >= 15 is 0 Å². The molecular weight excluding hydrogens is 434 g/mol. The average molecular weight is 462 g/mol. The van der Waals surface area contributed by atoms with Crippen LogP contribution in [0.5, 0.6) is 0 Å². The maximum Gasteiger partial charge on any atom is 0.253 e. The predicted molar refractivity (Wildman–Crippen MR) is 122 cm³/mol. The van der Waals surface area contributed by atoms with Crippen molar-refractivity contribution in [3.8, 4) is 0 Å². The molecule has 1 N–H and O–H groups in total. The van der Waals surface area contributed by atoms with Crippen LogP contribution in [-0.4, -0.2) is 56.8 Å². The molecule has 0 radical (unpaired) electrons. The molecular formula is C23H28ClN3O3S. The molecule has 6 nitrogen and oxygen atoms in total. The highest BCUT2D eigenvalue weighted by molar-refractivity contribution is 7.89. The van der Waals surface area contributed by atoms with Crippen LogP contribution in [0.4, 0.5) is 0 Å². The van der Waals surface area contributed by atoms with E-state index in [1.807, 2.05) is 20.0 Å². The van der Waals surface area contributed by atoms with Gasteiger partial charge in [0.25, 0.3) is 5.91 Å². The van der Waals surface area contributed by atoms with Gasteiger partial charge in [-0.3, -0.25) is 4.79 Å². The van der Waals surface area contributed by atoms with Gasteiger partial charge in [0.05, 0.1) is 21.5 Å². The van der Waals surface area contributed by atoms with E-state index in [2.05, 4.69) is 22.3 Å². The summed E-state index contributed by atoms with van der Waals surface area (Å²) in [6.45, 7) is 4.14. The number of sulfonamides is 1. The molecule has 1 amide bonds. The molecule has 166 valence electrons. The zero-order valence-corrected chi connectivity index (χ0v) is 19.5. The first kappa shape index (κ1) is 22.3. The van der Waals surface area contributed by atoms with Gasteiger partial charge in [-0.05, 0) is 68.1 Å². The standard InChI is InChI=1S/C23H28ClN3O3S/c1-16(18-7-6-17-4-3-5-19(17)14-18)25-23(28)21-15-20(8-9-22(21)24)31(29,30)27-12-10-26(2)11-13-27/h6-9,14-16H,3-5,10-13H2,1-2H3,(H,25,28)/t16-/m0/s1. The number of halogens is 1. The fourth-order valence-corrected chi connectivity index (χ4v) is 5.89. The number of hydrogen-bond acceptors (Lipinski definition) is 4. The Labute approximate surface area is 189 Å². The zero-order chi connectivity index (χ0) is 22.2. The largest absolute Gasteiger partial charge is 0.345 e. The Balaban J connectivity index is 1.53. The Morgan fingerprint density at radius 2 is 1.74 bits per heavy atom. The van der Waals surface area contributed by atoms with E-state index in [4.69, 9.17) is 11.6 Å². The first-order valence-corrected chi connectivity index (χ1v) is 12.5. The normalized spacial score (nSPS) is 18.5. The van der Waals surface area contributed by atoms with E-state index in [9.17, 15) is 13.2 Å². The number of fused-ring (bicyclic) bond motifs is 1. The van der Waals surface area contributed by atoms with Crippen molar-refractivity contribution in [2.45, 2.75) is 37.1 Å². The Morgan fingerprint density at radius 3 is 2.48 bits per heavy atom. The highest BCUT2D eigenvalue weighted by atomic mass is 35.5. The molecule has 0 spiro atoms. The van der Waals surface area contributed by atoms with E-state index in [1.54, 1.807) is 0 Å². The first-order chi connectivity index (χ1) is 14.8. The van der Waals surface area contributed by atoms with E-state index in [-0.39, 0.29) is 27.4 Å². The van der Waals surface area contributed by atoms with Crippen molar-refractivity contribution in [2.24, 2.45) is 0 Å². The maximum absolute atomic E-state index is 13.1. The smallest absolute Gasteiger partial charge is 0.253 e. The predicted octanol–water partition coefficient (Wildman–Crippen LogP) is 3.26. The number of benzene rings is 2. The lowest BCUT2D eigenvalue weighted by Crippen LogP contribution is -2.47. The number of aryl methyl sites for hydroxylation is 2. The Bertz CT molecular complexity index is 1100. The lowest BCUT2D eigenvalue weighted by atomic mass is 10.0. The maximum atomic E-state index is 13.1. The third-order valence-corrected chi connectivity index (χ3v) is 8.48. The van der Waals surface area contributed by atoms with Crippen LogP contribution in [0.2, 0.25) is 5.02 Å². The fourth-order valence-electron chi connectivity index (χ4n) is 4.24. The number of nitrogens with one attached hydrogen (secondary N) is 1. The van der Waals surface area contributed by atoms with Crippen molar-refractivity contribution in [2.75, 3.05) is 33.2 Å². The van der Waals surface area contributed by atoms with Crippen LogP contribution in [0.25, 0.3) is 0 Å². The third-order valence-electron chi connectivity index (χ3n) is 6.25. The van der Waals surface area contributed by atoms with Crippen molar-refractivity contribution in [1.82, 2.24) is 14.5 Å². The summed E-state index contributed by atoms with van der Waals surface area (Å²) < 4.78 is 27.6. The third kappa shape index (κ3) is 4.65. The molecule has 1 saturated heterocycles. The summed E-state index contributed by atoms with van der Waals surface area (Å²) in [5.74, 6) is -0.381. The molecule has 2 aliphatic rings. The van der Waals surface area contributed by atoms with Crippen LogP contribution in [0.1, 0.15) is 46.4 Å². The molecule has 1 heterocycles. The number of rotatable bonds is 5. The molecule has 1 fully saturated rings. The van der Waals surface area contributed by atoms with E-state index in [0.717, 1.165) is 18.4 Å². The molecule has 1 atom stereocenters. The summed E-state index contributed by atoms with van der Waals surface area (Å²) in [5, 5.41) is 3.20. The molecule has 2 aromatic rings. The first-order valence-electron chi connectivity index (χ1n) is 10.7. The van der Waals surface area contributed by atoms with Crippen molar-refractivity contribution < 1.29 is 13.2 Å². The minimum absolute atomic E-state index is 0.0942. The molecule has 0 bridgehead atoms. The SMILES string of the molecule is C[C@H](NC(=O)c1cc(S(=O)(=O)N2CCN(C)CC2)ccc1Cl)c1ccc2c(c1)CCC2. The van der Waals surface area contributed by atoms with Crippen molar-refractivity contribution >= 4 is 27.5 Å². The van der Waals surface area contributed by atoms with Crippen LogP contribution in [0.15, 0.2) is 41.3 Å². The second kappa shape index (κ2) is 8.90. The van der Waals surface area contributed by atoms with Gasteiger partial charge in [0.15, 0.2) is 0 Å². The summed E-state index contributed by atoms with van der Waals surface area (Å²) in [6.07, 6.45) is 3.35. The second-order valence-electron chi connectivity index (χ2n) is 8.43.